The Morgan fingerprint density at radius 3 is 2.53 bits per heavy atom. The van der Waals surface area contributed by atoms with E-state index in [2.05, 4.69) is 5.32 Å². The smallest absolute Gasteiger partial charge is 0.183 e. The lowest BCUT2D eigenvalue weighted by Crippen LogP contribution is -2.40. The van der Waals surface area contributed by atoms with E-state index in [-0.39, 0.29) is 5.78 Å². The van der Waals surface area contributed by atoms with Crippen molar-refractivity contribution in [3.05, 3.63) is 101 Å². The lowest BCUT2D eigenvalue weighted by atomic mass is 9.67. The number of allylic oxidation sites excluding steroid dienone is 1. The van der Waals surface area contributed by atoms with Gasteiger partial charge in [-0.05, 0) is 35.4 Å². The molecule has 0 saturated carbocycles. The Morgan fingerprint density at radius 1 is 1.00 bits per heavy atom. The molecule has 4 aromatic rings. The molecule has 30 heavy (non-hydrogen) atoms. The largest absolute Gasteiger partial charge is 0.346 e. The molecular weight excluding hydrogens is 374 g/mol. The zero-order chi connectivity index (χ0) is 20.5. The Labute approximate surface area is 172 Å². The number of aromatic nitrogens is 2. The number of rotatable bonds is 2. The van der Waals surface area contributed by atoms with Crippen LogP contribution in [0.3, 0.4) is 0 Å². The van der Waals surface area contributed by atoms with E-state index >= 15 is 0 Å². The van der Waals surface area contributed by atoms with Gasteiger partial charge in [0.05, 0.1) is 11.4 Å². The zero-order valence-corrected chi connectivity index (χ0v) is 16.2. The number of fused-ring (bicyclic) bond motifs is 3. The van der Waals surface area contributed by atoms with Crippen LogP contribution < -0.4 is 5.32 Å². The topological polar surface area (TPSA) is 64.0 Å². The van der Waals surface area contributed by atoms with Crippen molar-refractivity contribution in [1.82, 2.24) is 9.78 Å². The van der Waals surface area contributed by atoms with Gasteiger partial charge in [-0.25, -0.2) is 4.68 Å². The maximum Gasteiger partial charge on any atom is 0.183 e. The van der Waals surface area contributed by atoms with Gasteiger partial charge in [-0.15, -0.1) is 0 Å². The maximum absolute atomic E-state index is 14.0. The highest BCUT2D eigenvalue weighted by molar-refractivity contribution is 6.26. The third-order valence-electron chi connectivity index (χ3n) is 6.25. The summed E-state index contributed by atoms with van der Waals surface area (Å²) in [6.45, 7) is 1.89. The van der Waals surface area contributed by atoms with Crippen LogP contribution in [0.15, 0.2) is 78.5 Å². The fraction of sp³-hybridized carbons (Fsp3) is 0.0800. The minimum Gasteiger partial charge on any atom is -0.346 e. The van der Waals surface area contributed by atoms with Crippen molar-refractivity contribution >= 4 is 28.7 Å². The normalized spacial score (nSPS) is 19.0. The number of benzene rings is 3. The number of carbonyl (C=O) groups excluding carboxylic acids is 2. The maximum atomic E-state index is 14.0. The SMILES string of the molecule is Cc1nn(-c2ccccc2)c2c1[C@@]1(C(=O)c3cccc4cccc1c34)C(C=O)=CN2. The number of ketones is 1. The molecule has 1 aromatic heterocycles. The molecule has 0 fully saturated rings. The van der Waals surface area contributed by atoms with Crippen LogP contribution >= 0.6 is 0 Å². The van der Waals surface area contributed by atoms with E-state index in [1.807, 2.05) is 73.7 Å². The van der Waals surface area contributed by atoms with E-state index in [0.717, 1.165) is 33.9 Å². The third kappa shape index (κ3) is 1.84. The second-order valence-electron chi connectivity index (χ2n) is 7.71. The molecule has 6 rings (SSSR count). The Kier molecular flexibility index (Phi) is 3.25. The molecule has 0 bridgehead atoms. The third-order valence-corrected chi connectivity index (χ3v) is 6.25. The number of para-hydroxylation sites is 1. The van der Waals surface area contributed by atoms with Gasteiger partial charge in [0, 0.05) is 22.9 Å². The summed E-state index contributed by atoms with van der Waals surface area (Å²) in [6.07, 6.45) is 2.44. The van der Waals surface area contributed by atoms with E-state index < -0.39 is 5.41 Å². The highest BCUT2D eigenvalue weighted by atomic mass is 16.1. The second kappa shape index (κ2) is 5.76. The minimum atomic E-state index is -1.19. The van der Waals surface area contributed by atoms with Gasteiger partial charge < -0.3 is 5.32 Å². The fourth-order valence-electron chi connectivity index (χ4n) is 5.09. The van der Waals surface area contributed by atoms with Crippen molar-refractivity contribution in [3.8, 4) is 5.69 Å². The number of aldehydes is 1. The molecule has 5 nitrogen and oxygen atoms in total. The molecule has 0 radical (unpaired) electrons. The van der Waals surface area contributed by atoms with Gasteiger partial charge in [0.2, 0.25) is 0 Å². The number of hydrogen-bond acceptors (Lipinski definition) is 4. The van der Waals surface area contributed by atoms with Gasteiger partial charge >= 0.3 is 0 Å². The van der Waals surface area contributed by atoms with Crippen LogP contribution in [0.5, 0.6) is 0 Å². The summed E-state index contributed by atoms with van der Waals surface area (Å²) in [5, 5.41) is 9.91. The molecule has 1 aliphatic carbocycles. The molecule has 2 heterocycles. The Hall–Kier alpha value is -3.99. The van der Waals surface area contributed by atoms with Crippen LogP contribution in [-0.4, -0.2) is 21.8 Å². The summed E-state index contributed by atoms with van der Waals surface area (Å²) >= 11 is 0. The molecule has 2 aliphatic rings. The van der Waals surface area contributed by atoms with Crippen LogP contribution in [0.2, 0.25) is 0 Å². The Bertz CT molecular complexity index is 1410. The zero-order valence-electron chi connectivity index (χ0n) is 16.2. The van der Waals surface area contributed by atoms with E-state index in [4.69, 9.17) is 5.10 Å². The van der Waals surface area contributed by atoms with E-state index in [9.17, 15) is 9.59 Å². The summed E-state index contributed by atoms with van der Waals surface area (Å²) in [5.41, 5.74) is 3.04. The monoisotopic (exact) mass is 391 g/mol. The second-order valence-corrected chi connectivity index (χ2v) is 7.71. The summed E-state index contributed by atoms with van der Waals surface area (Å²) in [5.74, 6) is 0.633. The molecule has 1 atom stereocenters. The van der Waals surface area contributed by atoms with E-state index in [1.165, 1.54) is 0 Å². The molecule has 1 N–H and O–H groups in total. The van der Waals surface area contributed by atoms with Gasteiger partial charge in [-0.1, -0.05) is 54.6 Å². The molecule has 0 unspecified atom stereocenters. The van der Waals surface area contributed by atoms with Gasteiger partial charge in [-0.2, -0.15) is 5.10 Å². The average molecular weight is 391 g/mol. The molecule has 0 amide bonds. The predicted octanol–water partition coefficient (Wildman–Crippen LogP) is 4.32. The van der Waals surface area contributed by atoms with E-state index in [0.29, 0.717) is 22.6 Å². The summed E-state index contributed by atoms with van der Waals surface area (Å²) < 4.78 is 1.81. The molecule has 1 spiro atoms. The Morgan fingerprint density at radius 2 is 1.77 bits per heavy atom. The van der Waals surface area contributed by atoms with Crippen LogP contribution in [0.4, 0.5) is 5.82 Å². The van der Waals surface area contributed by atoms with Crippen molar-refractivity contribution in [3.63, 3.8) is 0 Å². The number of Topliss-reactive ketones (excluding diaryl/α,β-unsaturated/α-hetero) is 1. The lowest BCUT2D eigenvalue weighted by molar-refractivity contribution is -0.105. The highest BCUT2D eigenvalue weighted by Crippen LogP contribution is 2.54. The summed E-state index contributed by atoms with van der Waals surface area (Å²) in [4.78, 5) is 26.3. The summed E-state index contributed by atoms with van der Waals surface area (Å²) in [7, 11) is 0. The Balaban J connectivity index is 1.75. The first kappa shape index (κ1) is 16.9. The quantitative estimate of drug-likeness (QED) is 0.517. The average Bonchev–Trinajstić information content (AvgIpc) is 3.25. The van der Waals surface area contributed by atoms with Gasteiger partial charge in [0.15, 0.2) is 5.78 Å². The first-order valence-corrected chi connectivity index (χ1v) is 9.83. The predicted molar refractivity (Wildman–Crippen MR) is 115 cm³/mol. The number of carbonyl (C=O) groups is 2. The van der Waals surface area contributed by atoms with Gasteiger partial charge in [0.1, 0.15) is 17.5 Å². The van der Waals surface area contributed by atoms with Crippen molar-refractivity contribution in [2.75, 3.05) is 5.32 Å². The molecule has 144 valence electrons. The van der Waals surface area contributed by atoms with E-state index in [1.54, 1.807) is 10.9 Å². The van der Waals surface area contributed by atoms with Crippen LogP contribution in [0, 0.1) is 6.92 Å². The number of anilines is 1. The molecular formula is C25H17N3O2. The van der Waals surface area contributed by atoms with Crippen molar-refractivity contribution in [2.24, 2.45) is 0 Å². The van der Waals surface area contributed by atoms with Crippen molar-refractivity contribution < 1.29 is 9.59 Å². The minimum absolute atomic E-state index is 0.0777. The number of nitrogens with zero attached hydrogens (tertiary/aromatic N) is 2. The number of hydrogen-bond donors (Lipinski definition) is 1. The molecule has 5 heteroatoms. The highest BCUT2D eigenvalue weighted by Gasteiger charge is 2.55. The molecule has 1 aliphatic heterocycles. The molecule has 0 saturated heterocycles. The van der Waals surface area contributed by atoms with Gasteiger partial charge in [-0.3, -0.25) is 9.59 Å². The van der Waals surface area contributed by atoms with Crippen LogP contribution in [0.1, 0.15) is 27.2 Å². The lowest BCUT2D eigenvalue weighted by Gasteiger charge is -2.33. The van der Waals surface area contributed by atoms with Crippen molar-refractivity contribution in [2.45, 2.75) is 12.3 Å². The van der Waals surface area contributed by atoms with Crippen LogP contribution in [0.25, 0.3) is 16.5 Å². The number of nitrogens with one attached hydrogen (secondary N) is 1. The van der Waals surface area contributed by atoms with Crippen LogP contribution in [-0.2, 0) is 10.2 Å². The summed E-state index contributed by atoms with van der Waals surface area (Å²) in [6, 6.07) is 21.4. The molecule has 3 aromatic carbocycles. The first-order chi connectivity index (χ1) is 14.7. The standard InChI is InChI=1S/C25H17N3O2/c1-15-22-24(28(27-15)18-9-3-2-4-10-18)26-13-17(14-29)25(22)20-12-6-8-16-7-5-11-19(21(16)20)23(25)30/h2-14,26H,1H3/t25-/m1/s1. The first-order valence-electron chi connectivity index (χ1n) is 9.83. The fourth-order valence-corrected chi connectivity index (χ4v) is 5.09. The van der Waals surface area contributed by atoms with Gasteiger partial charge in [0.25, 0.3) is 0 Å². The van der Waals surface area contributed by atoms with Crippen molar-refractivity contribution in [1.29, 1.82) is 0 Å². The number of aryl methyl sites for hydroxylation is 1.